The Morgan fingerprint density at radius 1 is 1.15 bits per heavy atom. The van der Waals surface area contributed by atoms with Crippen LogP contribution in [0.4, 0.5) is 20.5 Å². The highest BCUT2D eigenvalue weighted by atomic mass is 19.1. The van der Waals surface area contributed by atoms with Crippen LogP contribution < -0.4 is 15.1 Å². The molecule has 0 radical (unpaired) electrons. The molecule has 2 N–H and O–H groups in total. The molecule has 0 unspecified atom stereocenters. The Balaban J connectivity index is 1.54. The van der Waals surface area contributed by atoms with Gasteiger partial charge in [0, 0.05) is 63.0 Å². The summed E-state index contributed by atoms with van der Waals surface area (Å²) in [6.45, 7) is 4.82. The molecule has 1 atom stereocenters. The van der Waals surface area contributed by atoms with Crippen molar-refractivity contribution in [3.63, 3.8) is 0 Å². The molecule has 2 aliphatic heterocycles. The second-order valence-electron chi connectivity index (χ2n) is 11.0. The van der Waals surface area contributed by atoms with Crippen LogP contribution in [0.25, 0.3) is 32.9 Å². The monoisotopic (exact) mass is 557 g/mol. The van der Waals surface area contributed by atoms with Gasteiger partial charge in [-0.25, -0.2) is 13.8 Å². The van der Waals surface area contributed by atoms with E-state index in [1.165, 1.54) is 30.7 Å². The van der Waals surface area contributed by atoms with Gasteiger partial charge in [0.2, 0.25) is 5.95 Å². The lowest BCUT2D eigenvalue weighted by atomic mass is 9.96. The van der Waals surface area contributed by atoms with Gasteiger partial charge in [-0.15, -0.1) is 6.42 Å². The van der Waals surface area contributed by atoms with E-state index in [1.54, 1.807) is 6.20 Å². The first kappa shape index (κ1) is 27.1. The predicted molar refractivity (Wildman–Crippen MR) is 158 cm³/mol. The van der Waals surface area contributed by atoms with Crippen molar-refractivity contribution in [3.8, 4) is 29.4 Å². The summed E-state index contributed by atoms with van der Waals surface area (Å²) in [5.74, 6) is 2.06. The number of nitrogens with one attached hydrogen (secondary N) is 1. The molecule has 8 nitrogen and oxygen atoms in total. The number of phenolic OH excluding ortho intramolecular Hbond substituents is 1. The van der Waals surface area contributed by atoms with Crippen LogP contribution in [-0.4, -0.2) is 84.4 Å². The van der Waals surface area contributed by atoms with E-state index in [2.05, 4.69) is 33.1 Å². The molecule has 0 saturated carbocycles. The molecule has 4 aromatic rings. The Labute approximate surface area is 238 Å². The number of likely N-dealkylation sites (N-methyl/N-ethyl adjacent to an activating group) is 2. The lowest BCUT2D eigenvalue weighted by Gasteiger charge is -2.33. The molecule has 6 rings (SSSR count). The van der Waals surface area contributed by atoms with Crippen LogP contribution in [0.5, 0.6) is 5.75 Å². The Hall–Kier alpha value is -4.07. The van der Waals surface area contributed by atoms with Crippen molar-refractivity contribution in [1.29, 1.82) is 0 Å². The highest BCUT2D eigenvalue weighted by Gasteiger charge is 2.26. The summed E-state index contributed by atoms with van der Waals surface area (Å²) in [6.07, 6.45) is 10.6. The van der Waals surface area contributed by atoms with Crippen molar-refractivity contribution < 1.29 is 13.9 Å². The van der Waals surface area contributed by atoms with Gasteiger partial charge >= 0.3 is 0 Å². The minimum absolute atomic E-state index is 0.0139. The van der Waals surface area contributed by atoms with Gasteiger partial charge < -0.3 is 25.1 Å². The number of aromatic nitrogens is 3. The van der Waals surface area contributed by atoms with E-state index in [9.17, 15) is 9.50 Å². The first-order valence-electron chi connectivity index (χ1n) is 14.0. The number of fused-ring (bicyclic) bond motifs is 2. The Morgan fingerprint density at radius 3 is 2.68 bits per heavy atom. The molecule has 2 aromatic carbocycles. The summed E-state index contributed by atoms with van der Waals surface area (Å²) in [4.78, 5) is 20.5. The average Bonchev–Trinajstić information content (AvgIpc) is 2.97. The molecular formula is C31H33F2N7O. The van der Waals surface area contributed by atoms with Crippen molar-refractivity contribution >= 4 is 33.4 Å². The van der Waals surface area contributed by atoms with Gasteiger partial charge in [0.15, 0.2) is 5.82 Å². The van der Waals surface area contributed by atoms with Crippen LogP contribution in [0.15, 0.2) is 30.5 Å². The lowest BCUT2D eigenvalue weighted by Crippen LogP contribution is -2.45. The Morgan fingerprint density at radius 2 is 1.95 bits per heavy atom. The number of benzene rings is 2. The Kier molecular flexibility index (Phi) is 7.32. The van der Waals surface area contributed by atoms with E-state index in [-0.39, 0.29) is 28.1 Å². The van der Waals surface area contributed by atoms with Crippen molar-refractivity contribution in [3.05, 3.63) is 47.7 Å². The predicted octanol–water partition coefficient (Wildman–Crippen LogP) is 4.14. The van der Waals surface area contributed by atoms with E-state index in [0.717, 1.165) is 45.6 Å². The minimum atomic E-state index is -0.676. The van der Waals surface area contributed by atoms with Gasteiger partial charge in [0.1, 0.15) is 28.6 Å². The zero-order chi connectivity index (χ0) is 28.7. The third-order valence-corrected chi connectivity index (χ3v) is 8.16. The fourth-order valence-electron chi connectivity index (χ4n) is 5.91. The number of piperazine rings is 1. The maximum Gasteiger partial charge on any atom is 0.228 e. The number of halogens is 2. The molecule has 0 aliphatic carbocycles. The van der Waals surface area contributed by atoms with Gasteiger partial charge in [0.25, 0.3) is 0 Å². The molecule has 2 saturated heterocycles. The normalized spacial score (nSPS) is 18.1. The van der Waals surface area contributed by atoms with Crippen LogP contribution in [0, 0.1) is 24.0 Å². The summed E-state index contributed by atoms with van der Waals surface area (Å²) in [7, 11) is 4.03. The Bertz CT molecular complexity index is 1660. The topological polar surface area (TPSA) is 80.7 Å². The summed E-state index contributed by atoms with van der Waals surface area (Å²) >= 11 is 0. The number of rotatable bonds is 5. The van der Waals surface area contributed by atoms with Crippen LogP contribution in [0.3, 0.4) is 0 Å². The van der Waals surface area contributed by atoms with Crippen LogP contribution in [0.1, 0.15) is 24.8 Å². The van der Waals surface area contributed by atoms with Crippen molar-refractivity contribution in [2.24, 2.45) is 0 Å². The quantitative estimate of drug-likeness (QED) is 0.355. The number of hydrogen-bond acceptors (Lipinski definition) is 8. The first-order chi connectivity index (χ1) is 19.8. The highest BCUT2D eigenvalue weighted by Crippen LogP contribution is 2.38. The number of aromatic hydroxyl groups is 1. The van der Waals surface area contributed by atoms with Crippen molar-refractivity contribution in [2.45, 2.75) is 25.3 Å². The van der Waals surface area contributed by atoms with Crippen molar-refractivity contribution in [1.82, 2.24) is 25.2 Å². The van der Waals surface area contributed by atoms with Gasteiger partial charge in [-0.2, -0.15) is 4.98 Å². The van der Waals surface area contributed by atoms with Gasteiger partial charge in [-0.1, -0.05) is 18.4 Å². The number of piperidine rings is 1. The SMILES string of the molecule is C#Cc1c(F)ccc2cc(O)cc(-c3ncc4c(N(C)C[C@@H]5CCCCN5)nc(N5CCN(C)CC5)nc4c3F)c12. The number of anilines is 2. The third kappa shape index (κ3) is 5.11. The molecule has 10 heteroatoms. The summed E-state index contributed by atoms with van der Waals surface area (Å²) in [6, 6.07) is 5.89. The number of pyridine rings is 1. The molecule has 0 bridgehead atoms. The number of nitrogens with zero attached hydrogens (tertiary/aromatic N) is 6. The van der Waals surface area contributed by atoms with E-state index in [1.807, 2.05) is 11.9 Å². The number of hydrogen-bond donors (Lipinski definition) is 2. The van der Waals surface area contributed by atoms with E-state index in [0.29, 0.717) is 40.5 Å². The van der Waals surface area contributed by atoms with Crippen LogP contribution >= 0.6 is 0 Å². The van der Waals surface area contributed by atoms with Crippen LogP contribution in [-0.2, 0) is 0 Å². The van der Waals surface area contributed by atoms with Crippen molar-refractivity contribution in [2.75, 3.05) is 63.2 Å². The molecule has 2 aliphatic rings. The highest BCUT2D eigenvalue weighted by molar-refractivity contribution is 6.03. The molecule has 0 amide bonds. The molecule has 0 spiro atoms. The largest absolute Gasteiger partial charge is 0.508 e. The number of phenols is 1. The van der Waals surface area contributed by atoms with Gasteiger partial charge in [0.05, 0.1) is 10.9 Å². The van der Waals surface area contributed by atoms with Gasteiger partial charge in [-0.3, -0.25) is 4.98 Å². The standard InChI is InChI=1S/C31H33F2N7O/c1-4-22-25(32)9-8-19-15-21(41)16-23(26(19)22)28-27(33)29-24(17-35-28)30(39(3)18-20-7-5-6-10-34-20)37-31(36-29)40-13-11-38(2)12-14-40/h1,8-9,15-17,20,34,41H,5-7,10-14,18H2,2-3H3/t20-/m0/s1. The minimum Gasteiger partial charge on any atom is -0.508 e. The summed E-state index contributed by atoms with van der Waals surface area (Å²) in [5.41, 5.74) is 0.242. The second-order valence-corrected chi connectivity index (χ2v) is 11.0. The third-order valence-electron chi connectivity index (χ3n) is 8.16. The lowest BCUT2D eigenvalue weighted by molar-refractivity contribution is 0.311. The van der Waals surface area contributed by atoms with E-state index >= 15 is 4.39 Å². The summed E-state index contributed by atoms with van der Waals surface area (Å²) in [5, 5.41) is 15.3. The zero-order valence-corrected chi connectivity index (χ0v) is 23.3. The summed E-state index contributed by atoms with van der Waals surface area (Å²) < 4.78 is 31.4. The van der Waals surface area contributed by atoms with Crippen LogP contribution in [0.2, 0.25) is 0 Å². The zero-order valence-electron chi connectivity index (χ0n) is 23.3. The maximum absolute atomic E-state index is 16.6. The molecule has 212 valence electrons. The molecule has 2 fully saturated rings. The van der Waals surface area contributed by atoms with Gasteiger partial charge in [-0.05, 0) is 50.0 Å². The molecular weight excluding hydrogens is 524 g/mol. The maximum atomic E-state index is 16.6. The molecule has 41 heavy (non-hydrogen) atoms. The second kappa shape index (κ2) is 11.1. The fraction of sp³-hybridized carbons (Fsp3) is 0.387. The van der Waals surface area contributed by atoms with E-state index < -0.39 is 11.6 Å². The smallest absolute Gasteiger partial charge is 0.228 e. The average molecular weight is 558 g/mol. The fourth-order valence-corrected chi connectivity index (χ4v) is 5.91. The number of terminal acetylenes is 1. The molecule has 4 heterocycles. The van der Waals surface area contributed by atoms with E-state index in [4.69, 9.17) is 16.4 Å². The first-order valence-corrected chi connectivity index (χ1v) is 14.0. The molecule has 2 aromatic heterocycles.